The Kier molecular flexibility index (Phi) is 5.72. The first-order valence-corrected chi connectivity index (χ1v) is 7.61. The van der Waals surface area contributed by atoms with E-state index in [2.05, 4.69) is 47.8 Å². The van der Waals surface area contributed by atoms with Gasteiger partial charge >= 0.3 is 0 Å². The summed E-state index contributed by atoms with van der Waals surface area (Å²) in [6.45, 7) is 7.97. The molecule has 1 aromatic carbocycles. The van der Waals surface area contributed by atoms with Crippen molar-refractivity contribution in [2.24, 2.45) is 0 Å². The monoisotopic (exact) mass is 300 g/mol. The van der Waals surface area contributed by atoms with E-state index >= 15 is 0 Å². The highest BCUT2D eigenvalue weighted by Gasteiger charge is 2.09. The highest BCUT2D eigenvalue weighted by molar-refractivity contribution is 5.78. The van der Waals surface area contributed by atoms with E-state index in [-0.39, 0.29) is 11.9 Å². The first-order valence-electron chi connectivity index (χ1n) is 7.61. The molecule has 0 aliphatic carbocycles. The molecule has 22 heavy (non-hydrogen) atoms. The lowest BCUT2D eigenvalue weighted by Crippen LogP contribution is -2.36. The van der Waals surface area contributed by atoms with Gasteiger partial charge < -0.3 is 10.6 Å². The summed E-state index contributed by atoms with van der Waals surface area (Å²) in [4.78, 5) is 11.9. The summed E-state index contributed by atoms with van der Waals surface area (Å²) in [7, 11) is 0. The third-order valence-electron chi connectivity index (χ3n) is 3.77. The molecule has 1 heterocycles. The lowest BCUT2D eigenvalue weighted by molar-refractivity contribution is -0.120. The van der Waals surface area contributed by atoms with Crippen molar-refractivity contribution in [2.45, 2.75) is 33.4 Å². The predicted molar refractivity (Wildman–Crippen MR) is 87.6 cm³/mol. The van der Waals surface area contributed by atoms with Crippen molar-refractivity contribution in [2.75, 3.05) is 13.1 Å². The smallest absolute Gasteiger partial charge is 0.234 e. The van der Waals surface area contributed by atoms with Crippen LogP contribution in [0, 0.1) is 13.8 Å². The van der Waals surface area contributed by atoms with E-state index in [4.69, 9.17) is 0 Å². The number of carbonyl (C=O) groups is 1. The number of benzene rings is 1. The number of hydrogen-bond donors (Lipinski definition) is 2. The first-order chi connectivity index (χ1) is 10.6. The second kappa shape index (κ2) is 7.75. The molecule has 2 rings (SSSR count). The van der Waals surface area contributed by atoms with E-state index in [9.17, 15) is 4.79 Å². The van der Waals surface area contributed by atoms with Gasteiger partial charge in [0.05, 0.1) is 19.1 Å². The van der Waals surface area contributed by atoms with Crippen LogP contribution in [0.5, 0.6) is 0 Å². The van der Waals surface area contributed by atoms with Gasteiger partial charge in [-0.05, 0) is 43.5 Å². The molecule has 2 aromatic rings. The Labute approximate surface area is 131 Å². The molecule has 1 atom stereocenters. The molecule has 1 amide bonds. The minimum Gasteiger partial charge on any atom is -0.348 e. The molecule has 1 aromatic heterocycles. The van der Waals surface area contributed by atoms with Crippen LogP contribution in [-0.4, -0.2) is 28.8 Å². The second-order valence-electron chi connectivity index (χ2n) is 5.58. The van der Waals surface area contributed by atoms with Gasteiger partial charge in [-0.15, -0.1) is 0 Å². The number of aryl methyl sites for hydroxylation is 2. The zero-order chi connectivity index (χ0) is 15.9. The maximum Gasteiger partial charge on any atom is 0.234 e. The highest BCUT2D eigenvalue weighted by atomic mass is 16.1. The Morgan fingerprint density at radius 2 is 2.14 bits per heavy atom. The molecule has 0 spiro atoms. The minimum atomic E-state index is 0.00573. The fourth-order valence-corrected chi connectivity index (χ4v) is 2.24. The molecule has 5 nitrogen and oxygen atoms in total. The van der Waals surface area contributed by atoms with Gasteiger partial charge in [0.1, 0.15) is 0 Å². The molecule has 0 fully saturated rings. The van der Waals surface area contributed by atoms with E-state index in [0.717, 1.165) is 12.1 Å². The van der Waals surface area contributed by atoms with Crippen molar-refractivity contribution in [3.63, 3.8) is 0 Å². The van der Waals surface area contributed by atoms with Gasteiger partial charge in [0.25, 0.3) is 0 Å². The number of aromatic nitrogens is 2. The fourth-order valence-electron chi connectivity index (χ4n) is 2.24. The Morgan fingerprint density at radius 3 is 2.82 bits per heavy atom. The number of hydrogen-bond acceptors (Lipinski definition) is 3. The Hall–Kier alpha value is -2.14. The molecule has 0 aliphatic rings. The average molecular weight is 300 g/mol. The molecular formula is C17H24N4O. The molecule has 118 valence electrons. The quantitative estimate of drug-likeness (QED) is 0.769. The van der Waals surface area contributed by atoms with Crippen LogP contribution in [0.3, 0.4) is 0 Å². The summed E-state index contributed by atoms with van der Waals surface area (Å²) in [6, 6.07) is 8.19. The maximum atomic E-state index is 11.9. The standard InChI is InChI=1S/C17H24N4O/c1-13-5-6-16(11-14(13)2)15(3)20-17(22)12-18-8-10-21-9-4-7-19-21/h4-7,9,11,15,18H,8,10,12H2,1-3H3,(H,20,22)/t15-/m1/s1. The Bertz CT molecular complexity index is 607. The largest absolute Gasteiger partial charge is 0.348 e. The first kappa shape index (κ1) is 16.2. The summed E-state index contributed by atoms with van der Waals surface area (Å²) in [5, 5.41) is 10.3. The third-order valence-corrected chi connectivity index (χ3v) is 3.77. The van der Waals surface area contributed by atoms with Crippen LogP contribution < -0.4 is 10.6 Å². The normalized spacial score (nSPS) is 12.1. The lowest BCUT2D eigenvalue weighted by Gasteiger charge is -2.16. The van der Waals surface area contributed by atoms with Crippen molar-refractivity contribution in [1.82, 2.24) is 20.4 Å². The van der Waals surface area contributed by atoms with Gasteiger partial charge in [-0.3, -0.25) is 9.48 Å². The molecule has 0 unspecified atom stereocenters. The van der Waals surface area contributed by atoms with Crippen LogP contribution in [0.4, 0.5) is 0 Å². The lowest BCUT2D eigenvalue weighted by atomic mass is 10.0. The number of nitrogens with zero attached hydrogens (tertiary/aromatic N) is 2. The van der Waals surface area contributed by atoms with E-state index in [1.165, 1.54) is 11.1 Å². The highest BCUT2D eigenvalue weighted by Crippen LogP contribution is 2.16. The minimum absolute atomic E-state index is 0.00573. The summed E-state index contributed by atoms with van der Waals surface area (Å²) < 4.78 is 1.84. The molecule has 0 saturated carbocycles. The molecule has 0 aliphatic heterocycles. The number of amides is 1. The van der Waals surface area contributed by atoms with E-state index < -0.39 is 0 Å². The Morgan fingerprint density at radius 1 is 1.32 bits per heavy atom. The summed E-state index contributed by atoms with van der Waals surface area (Å²) >= 11 is 0. The molecule has 5 heteroatoms. The van der Waals surface area contributed by atoms with Gasteiger partial charge in [0.2, 0.25) is 5.91 Å². The SMILES string of the molecule is Cc1ccc([C@@H](C)NC(=O)CNCCn2cccn2)cc1C. The number of nitrogens with one attached hydrogen (secondary N) is 2. The summed E-state index contributed by atoms with van der Waals surface area (Å²) in [6.07, 6.45) is 3.65. The van der Waals surface area contributed by atoms with Crippen LogP contribution in [0.1, 0.15) is 29.7 Å². The van der Waals surface area contributed by atoms with Crippen LogP contribution >= 0.6 is 0 Å². The summed E-state index contributed by atoms with van der Waals surface area (Å²) in [5.74, 6) is 0.00573. The van der Waals surface area contributed by atoms with Gasteiger partial charge in [-0.2, -0.15) is 5.10 Å². The van der Waals surface area contributed by atoms with E-state index in [1.54, 1.807) is 6.20 Å². The van der Waals surface area contributed by atoms with E-state index in [0.29, 0.717) is 13.1 Å². The molecule has 2 N–H and O–H groups in total. The van der Waals surface area contributed by atoms with Crippen LogP contribution in [0.25, 0.3) is 0 Å². The second-order valence-corrected chi connectivity index (χ2v) is 5.58. The van der Waals surface area contributed by atoms with Gasteiger partial charge in [-0.25, -0.2) is 0 Å². The zero-order valence-corrected chi connectivity index (χ0v) is 13.5. The van der Waals surface area contributed by atoms with Crippen molar-refractivity contribution in [3.05, 3.63) is 53.3 Å². The van der Waals surface area contributed by atoms with Crippen LogP contribution in [-0.2, 0) is 11.3 Å². The molecule has 0 bridgehead atoms. The maximum absolute atomic E-state index is 11.9. The Balaban J connectivity index is 1.72. The molecule has 0 radical (unpaired) electrons. The van der Waals surface area contributed by atoms with Gasteiger partial charge in [-0.1, -0.05) is 18.2 Å². The topological polar surface area (TPSA) is 59.0 Å². The van der Waals surface area contributed by atoms with Gasteiger partial charge in [0, 0.05) is 18.9 Å². The average Bonchev–Trinajstić information content (AvgIpc) is 2.99. The van der Waals surface area contributed by atoms with Crippen molar-refractivity contribution in [1.29, 1.82) is 0 Å². The number of rotatable bonds is 7. The molecular weight excluding hydrogens is 276 g/mol. The van der Waals surface area contributed by atoms with Crippen molar-refractivity contribution in [3.8, 4) is 0 Å². The van der Waals surface area contributed by atoms with Crippen LogP contribution in [0.2, 0.25) is 0 Å². The van der Waals surface area contributed by atoms with Crippen LogP contribution in [0.15, 0.2) is 36.7 Å². The summed E-state index contributed by atoms with van der Waals surface area (Å²) in [5.41, 5.74) is 3.64. The van der Waals surface area contributed by atoms with Crippen molar-refractivity contribution >= 4 is 5.91 Å². The van der Waals surface area contributed by atoms with E-state index in [1.807, 2.05) is 23.9 Å². The zero-order valence-electron chi connectivity index (χ0n) is 13.5. The van der Waals surface area contributed by atoms with Crippen molar-refractivity contribution < 1.29 is 4.79 Å². The third kappa shape index (κ3) is 4.70. The fraction of sp³-hybridized carbons (Fsp3) is 0.412. The molecule has 0 saturated heterocycles. The predicted octanol–water partition coefficient (Wildman–Crippen LogP) is 1.97. The number of carbonyl (C=O) groups excluding carboxylic acids is 1. The van der Waals surface area contributed by atoms with Gasteiger partial charge in [0.15, 0.2) is 0 Å².